The molecule has 0 fully saturated rings. The first-order chi connectivity index (χ1) is 11.6. The zero-order chi connectivity index (χ0) is 17.3. The van der Waals surface area contributed by atoms with Gasteiger partial charge >= 0.3 is 0 Å². The first kappa shape index (κ1) is 16.9. The zero-order valence-corrected chi connectivity index (χ0v) is 15.1. The van der Waals surface area contributed by atoms with E-state index < -0.39 is 0 Å². The molecule has 128 valence electrons. The fraction of sp³-hybridized carbons (Fsp3) is 0.500. The molecule has 1 aromatic rings. The number of ether oxygens (including phenoxy) is 3. The fourth-order valence-electron chi connectivity index (χ4n) is 3.23. The van der Waals surface area contributed by atoms with E-state index >= 15 is 0 Å². The van der Waals surface area contributed by atoms with E-state index in [1.165, 1.54) is 0 Å². The number of halogens is 1. The van der Waals surface area contributed by atoms with Crippen LogP contribution in [0.5, 0.6) is 17.2 Å². The molecule has 1 unspecified atom stereocenters. The Morgan fingerprint density at radius 3 is 2.96 bits per heavy atom. The van der Waals surface area contributed by atoms with Gasteiger partial charge in [0.2, 0.25) is 18.4 Å². The van der Waals surface area contributed by atoms with Crippen LogP contribution in [0.4, 0.5) is 0 Å². The third kappa shape index (κ3) is 2.78. The lowest BCUT2D eigenvalue weighted by atomic mass is 9.89. The maximum absolute atomic E-state index is 12.1. The van der Waals surface area contributed by atoms with Crippen molar-refractivity contribution in [3.63, 3.8) is 0 Å². The Balaban J connectivity index is 2.04. The van der Waals surface area contributed by atoms with E-state index in [2.05, 4.69) is 26.1 Å². The molecule has 0 saturated heterocycles. The molecule has 1 amide bonds. The van der Waals surface area contributed by atoms with Crippen molar-refractivity contribution in [2.45, 2.75) is 18.9 Å². The van der Waals surface area contributed by atoms with E-state index in [1.807, 2.05) is 13.1 Å². The SMILES string of the molecule is COc1c2c(c(Br)c3c1C(CC(=O)NCC#N)N(C)CC3)OCO2. The average Bonchev–Trinajstić information content (AvgIpc) is 3.06. The molecule has 2 heterocycles. The lowest BCUT2D eigenvalue weighted by Crippen LogP contribution is -2.36. The van der Waals surface area contributed by atoms with Gasteiger partial charge in [-0.3, -0.25) is 9.69 Å². The summed E-state index contributed by atoms with van der Waals surface area (Å²) in [5.41, 5.74) is 2.02. The summed E-state index contributed by atoms with van der Waals surface area (Å²) in [4.78, 5) is 14.3. The van der Waals surface area contributed by atoms with Crippen LogP contribution in [0.2, 0.25) is 0 Å². The Morgan fingerprint density at radius 1 is 1.50 bits per heavy atom. The highest BCUT2D eigenvalue weighted by molar-refractivity contribution is 9.10. The predicted molar refractivity (Wildman–Crippen MR) is 89.1 cm³/mol. The van der Waals surface area contributed by atoms with Gasteiger partial charge in [0.05, 0.1) is 17.7 Å². The molecular weight excluding hydrogens is 378 g/mol. The van der Waals surface area contributed by atoms with Crippen molar-refractivity contribution in [3.05, 3.63) is 15.6 Å². The van der Waals surface area contributed by atoms with Crippen molar-refractivity contribution >= 4 is 21.8 Å². The maximum Gasteiger partial charge on any atom is 0.231 e. The first-order valence-electron chi connectivity index (χ1n) is 7.60. The number of carbonyl (C=O) groups excluding carboxylic acids is 1. The van der Waals surface area contributed by atoms with Crippen molar-refractivity contribution < 1.29 is 19.0 Å². The van der Waals surface area contributed by atoms with Crippen molar-refractivity contribution in [2.75, 3.05) is 34.0 Å². The molecule has 1 N–H and O–H groups in total. The van der Waals surface area contributed by atoms with Crippen LogP contribution in [0.15, 0.2) is 4.47 Å². The first-order valence-corrected chi connectivity index (χ1v) is 8.39. The van der Waals surface area contributed by atoms with Crippen LogP contribution < -0.4 is 19.5 Å². The van der Waals surface area contributed by atoms with Crippen molar-refractivity contribution in [1.82, 2.24) is 10.2 Å². The molecule has 1 aromatic carbocycles. The number of likely N-dealkylation sites (N-methyl/N-ethyl adjacent to an activating group) is 1. The number of methoxy groups -OCH3 is 1. The van der Waals surface area contributed by atoms with Gasteiger partial charge in [0.15, 0.2) is 11.5 Å². The molecule has 1 atom stereocenters. The fourth-order valence-corrected chi connectivity index (χ4v) is 3.94. The van der Waals surface area contributed by atoms with Crippen LogP contribution in [0.25, 0.3) is 0 Å². The minimum absolute atomic E-state index is 0.00406. The van der Waals surface area contributed by atoms with Gasteiger partial charge in [-0.1, -0.05) is 0 Å². The molecule has 0 bridgehead atoms. The minimum Gasteiger partial charge on any atom is -0.492 e. The van der Waals surface area contributed by atoms with Crippen molar-refractivity contribution in [1.29, 1.82) is 5.26 Å². The van der Waals surface area contributed by atoms with Crippen LogP contribution in [0.1, 0.15) is 23.6 Å². The number of nitrogens with one attached hydrogen (secondary N) is 1. The molecule has 0 aliphatic carbocycles. The summed E-state index contributed by atoms with van der Waals surface area (Å²) in [6.45, 7) is 0.963. The van der Waals surface area contributed by atoms with Crippen LogP contribution in [0.3, 0.4) is 0 Å². The van der Waals surface area contributed by atoms with E-state index in [0.717, 1.165) is 28.6 Å². The summed E-state index contributed by atoms with van der Waals surface area (Å²) in [7, 11) is 3.57. The Hall–Kier alpha value is -1.98. The molecule has 2 aliphatic heterocycles. The van der Waals surface area contributed by atoms with Crippen LogP contribution in [-0.2, 0) is 11.2 Å². The van der Waals surface area contributed by atoms with E-state index in [0.29, 0.717) is 17.2 Å². The molecule has 0 spiro atoms. The largest absolute Gasteiger partial charge is 0.492 e. The maximum atomic E-state index is 12.1. The number of hydrogen-bond donors (Lipinski definition) is 1. The van der Waals surface area contributed by atoms with Crippen LogP contribution in [0, 0.1) is 11.3 Å². The summed E-state index contributed by atoms with van der Waals surface area (Å²) in [6.07, 6.45) is 1.06. The number of benzene rings is 1. The van der Waals surface area contributed by atoms with Gasteiger partial charge in [0.1, 0.15) is 6.54 Å². The third-order valence-electron chi connectivity index (χ3n) is 4.38. The lowest BCUT2D eigenvalue weighted by molar-refractivity contribution is -0.122. The molecule has 0 radical (unpaired) electrons. The summed E-state index contributed by atoms with van der Waals surface area (Å²) in [5, 5.41) is 11.2. The van der Waals surface area contributed by atoms with Crippen molar-refractivity contribution in [2.24, 2.45) is 0 Å². The average molecular weight is 396 g/mol. The monoisotopic (exact) mass is 395 g/mol. The highest BCUT2D eigenvalue weighted by Gasteiger charge is 2.37. The number of nitriles is 1. The summed E-state index contributed by atoms with van der Waals surface area (Å²) in [6, 6.07) is 1.76. The molecule has 7 nitrogen and oxygen atoms in total. The number of amides is 1. The van der Waals surface area contributed by atoms with Gasteiger partial charge in [0.25, 0.3) is 0 Å². The number of hydrogen-bond acceptors (Lipinski definition) is 6. The van der Waals surface area contributed by atoms with Gasteiger partial charge in [-0.15, -0.1) is 0 Å². The Morgan fingerprint density at radius 2 is 2.25 bits per heavy atom. The highest BCUT2D eigenvalue weighted by atomic mass is 79.9. The minimum atomic E-state index is -0.169. The number of rotatable bonds is 4. The third-order valence-corrected chi connectivity index (χ3v) is 5.22. The van der Waals surface area contributed by atoms with Gasteiger partial charge in [0, 0.05) is 24.6 Å². The summed E-state index contributed by atoms with van der Waals surface area (Å²) >= 11 is 3.61. The number of carbonyl (C=O) groups is 1. The summed E-state index contributed by atoms with van der Waals surface area (Å²) < 4.78 is 17.6. The van der Waals surface area contributed by atoms with Gasteiger partial charge < -0.3 is 19.5 Å². The Kier molecular flexibility index (Phi) is 4.83. The summed E-state index contributed by atoms with van der Waals surface area (Å²) in [5.74, 6) is 1.67. The van der Waals surface area contributed by atoms with Crippen molar-refractivity contribution in [3.8, 4) is 23.3 Å². The van der Waals surface area contributed by atoms with Gasteiger partial charge in [-0.2, -0.15) is 5.26 Å². The van der Waals surface area contributed by atoms with E-state index in [-0.39, 0.29) is 31.7 Å². The molecule has 24 heavy (non-hydrogen) atoms. The zero-order valence-electron chi connectivity index (χ0n) is 13.5. The molecular formula is C16H18BrN3O4. The smallest absolute Gasteiger partial charge is 0.231 e. The topological polar surface area (TPSA) is 83.8 Å². The molecule has 2 aliphatic rings. The van der Waals surface area contributed by atoms with Gasteiger partial charge in [-0.25, -0.2) is 0 Å². The second-order valence-corrected chi connectivity index (χ2v) is 6.48. The molecule has 3 rings (SSSR count). The normalized spacial score (nSPS) is 18.7. The standard InChI is InChI=1S/C16H18BrN3O4/c1-20-6-3-9-12(10(20)7-11(21)19-5-4-18)14(22-2)16-15(13(9)17)23-8-24-16/h10H,3,5-8H2,1-2H3,(H,19,21). The highest BCUT2D eigenvalue weighted by Crippen LogP contribution is 2.54. The Labute approximate surface area is 148 Å². The molecule has 8 heteroatoms. The Bertz CT molecular complexity index is 716. The van der Waals surface area contributed by atoms with E-state index in [4.69, 9.17) is 19.5 Å². The van der Waals surface area contributed by atoms with Crippen LogP contribution in [-0.4, -0.2) is 44.8 Å². The van der Waals surface area contributed by atoms with Crippen LogP contribution >= 0.6 is 15.9 Å². The number of nitrogens with zero attached hydrogens (tertiary/aromatic N) is 2. The van der Waals surface area contributed by atoms with E-state index in [1.54, 1.807) is 7.11 Å². The second-order valence-electron chi connectivity index (χ2n) is 5.69. The predicted octanol–water partition coefficient (Wildman–Crippen LogP) is 1.75. The lowest BCUT2D eigenvalue weighted by Gasteiger charge is -2.36. The molecule has 0 saturated carbocycles. The van der Waals surface area contributed by atoms with Gasteiger partial charge in [-0.05, 0) is 35.0 Å². The van der Waals surface area contributed by atoms with E-state index in [9.17, 15) is 4.79 Å². The molecule has 0 aromatic heterocycles. The number of fused-ring (bicyclic) bond motifs is 2. The second kappa shape index (κ2) is 6.87. The quantitative estimate of drug-likeness (QED) is 0.781.